The number of nitrogens with zero attached hydrogens (tertiary/aromatic N) is 1. The van der Waals surface area contributed by atoms with Gasteiger partial charge in [-0.2, -0.15) is 0 Å². The van der Waals surface area contributed by atoms with E-state index in [1.807, 2.05) is 0 Å². The molecule has 0 saturated heterocycles. The maximum atomic E-state index is 2.65. The Kier molecular flexibility index (Phi) is 5.49. The Hall–Kier alpha value is -4.88. The number of para-hydroxylation sites is 1. The van der Waals surface area contributed by atoms with E-state index in [1.165, 1.54) is 119 Å². The molecule has 7 aliphatic carbocycles. The Morgan fingerprint density at radius 3 is 1.87 bits per heavy atom. The van der Waals surface area contributed by atoms with Crippen LogP contribution in [0.2, 0.25) is 0 Å². The first-order valence-corrected chi connectivity index (χ1v) is 20.2. The molecule has 7 aromatic rings. The molecular formula is C51H43N. The van der Waals surface area contributed by atoms with Crippen molar-refractivity contribution in [3.63, 3.8) is 0 Å². The van der Waals surface area contributed by atoms with Crippen molar-refractivity contribution in [2.75, 3.05) is 0 Å². The average Bonchev–Trinajstić information content (AvgIpc) is 3.94. The van der Waals surface area contributed by atoms with Gasteiger partial charge in [0, 0.05) is 27.3 Å². The van der Waals surface area contributed by atoms with Gasteiger partial charge in [0.2, 0.25) is 0 Å². The molecule has 1 nitrogen and oxygen atoms in total. The van der Waals surface area contributed by atoms with Gasteiger partial charge >= 0.3 is 0 Å². The molecule has 0 N–H and O–H groups in total. The highest BCUT2D eigenvalue weighted by Gasteiger charge is 2.61. The molecule has 0 amide bonds. The van der Waals surface area contributed by atoms with E-state index in [9.17, 15) is 0 Å². The van der Waals surface area contributed by atoms with Crippen LogP contribution in [0.25, 0.3) is 60.9 Å². The summed E-state index contributed by atoms with van der Waals surface area (Å²) in [6.07, 6.45) is 12.4. The smallest absolute Gasteiger partial charge is 0.0541 e. The number of benzene rings is 6. The highest BCUT2D eigenvalue weighted by atomic mass is 15.0. The first kappa shape index (κ1) is 28.7. The van der Waals surface area contributed by atoms with E-state index in [2.05, 4.69) is 132 Å². The van der Waals surface area contributed by atoms with Crippen LogP contribution in [0.1, 0.15) is 80.0 Å². The summed E-state index contributed by atoms with van der Waals surface area (Å²) >= 11 is 0. The first-order valence-electron chi connectivity index (χ1n) is 20.2. The van der Waals surface area contributed by atoms with Gasteiger partial charge in [-0.05, 0) is 161 Å². The molecule has 5 saturated carbocycles. The van der Waals surface area contributed by atoms with E-state index in [4.69, 9.17) is 0 Å². The molecule has 1 aromatic heterocycles. The van der Waals surface area contributed by atoms with Crippen molar-refractivity contribution in [2.24, 2.45) is 23.7 Å². The zero-order valence-electron chi connectivity index (χ0n) is 29.7. The zero-order chi connectivity index (χ0) is 33.8. The molecule has 6 aromatic carbocycles. The molecule has 0 atom stereocenters. The summed E-state index contributed by atoms with van der Waals surface area (Å²) in [5.41, 5.74) is 19.2. The summed E-state index contributed by atoms with van der Waals surface area (Å²) in [6, 6.07) is 50.1. The van der Waals surface area contributed by atoms with Crippen molar-refractivity contribution < 1.29 is 0 Å². The molecule has 2 spiro atoms. The maximum Gasteiger partial charge on any atom is 0.0541 e. The van der Waals surface area contributed by atoms with Crippen LogP contribution in [-0.2, 0) is 10.8 Å². The fraction of sp³-hybridized carbons (Fsp3) is 0.294. The Morgan fingerprint density at radius 2 is 1.06 bits per heavy atom. The van der Waals surface area contributed by atoms with Gasteiger partial charge in [0.1, 0.15) is 0 Å². The topological polar surface area (TPSA) is 4.93 Å². The van der Waals surface area contributed by atoms with Crippen molar-refractivity contribution in [2.45, 2.75) is 68.6 Å². The number of hydrogen-bond donors (Lipinski definition) is 0. The summed E-state index contributed by atoms with van der Waals surface area (Å²) in [5, 5.41) is 2.67. The second-order valence-electron chi connectivity index (χ2n) is 17.6. The van der Waals surface area contributed by atoms with Gasteiger partial charge in [-0.25, -0.2) is 0 Å². The first-order chi connectivity index (χ1) is 25.7. The molecular weight excluding hydrogens is 627 g/mol. The minimum absolute atomic E-state index is 0.193. The average molecular weight is 670 g/mol. The van der Waals surface area contributed by atoms with E-state index < -0.39 is 0 Å². The number of rotatable bonds is 2. The van der Waals surface area contributed by atoms with Crippen LogP contribution in [0.3, 0.4) is 0 Å². The highest BCUT2D eigenvalue weighted by Crippen LogP contribution is 2.69. The Labute approximate surface area is 306 Å². The van der Waals surface area contributed by atoms with Crippen molar-refractivity contribution >= 4 is 21.8 Å². The lowest BCUT2D eigenvalue weighted by Crippen LogP contribution is -2.55. The van der Waals surface area contributed by atoms with Crippen LogP contribution >= 0.6 is 0 Å². The molecule has 4 bridgehead atoms. The molecule has 0 radical (unpaired) electrons. The van der Waals surface area contributed by atoms with Gasteiger partial charge in [0.25, 0.3) is 0 Å². The van der Waals surface area contributed by atoms with Crippen LogP contribution in [0.5, 0.6) is 0 Å². The summed E-state index contributed by atoms with van der Waals surface area (Å²) in [7, 11) is 0. The summed E-state index contributed by atoms with van der Waals surface area (Å²) in [5.74, 6) is 3.47. The van der Waals surface area contributed by atoms with Crippen LogP contribution in [0, 0.1) is 23.7 Å². The SMILES string of the molecule is c1ccc2c(c1)-c1cc(-n3c4ccccc4c4cc(-c5ccc6c(c5)C5(c7ccccc7-6)C6CC7CC(C6)CC5C7)ccc43)ccc1C21CCCC1. The molecule has 14 rings (SSSR count). The third-order valence-corrected chi connectivity index (χ3v) is 15.5. The molecule has 5 fully saturated rings. The lowest BCUT2D eigenvalue weighted by atomic mass is 9.43. The van der Waals surface area contributed by atoms with Gasteiger partial charge < -0.3 is 4.57 Å². The summed E-state index contributed by atoms with van der Waals surface area (Å²) in [4.78, 5) is 0. The quantitative estimate of drug-likeness (QED) is 0.173. The van der Waals surface area contributed by atoms with Crippen molar-refractivity contribution in [3.05, 3.63) is 150 Å². The molecule has 0 unspecified atom stereocenters. The number of hydrogen-bond acceptors (Lipinski definition) is 0. The second kappa shape index (κ2) is 9.95. The molecule has 1 heteroatoms. The molecule has 252 valence electrons. The zero-order valence-corrected chi connectivity index (χ0v) is 29.7. The number of aromatic nitrogens is 1. The third kappa shape index (κ3) is 3.43. The fourth-order valence-corrected chi connectivity index (χ4v) is 13.9. The highest BCUT2D eigenvalue weighted by molar-refractivity contribution is 6.10. The van der Waals surface area contributed by atoms with E-state index in [0.29, 0.717) is 0 Å². The minimum Gasteiger partial charge on any atom is -0.309 e. The van der Waals surface area contributed by atoms with Gasteiger partial charge in [0.15, 0.2) is 0 Å². The Bertz CT molecular complexity index is 2630. The maximum absolute atomic E-state index is 2.65. The Balaban J connectivity index is 0.975. The van der Waals surface area contributed by atoms with Gasteiger partial charge in [-0.3, -0.25) is 0 Å². The standard InChI is InChI=1S/C51H43N/c1-4-12-44-39(10-1)42-30-37(17-19-45(42)50(44)21-7-8-22-50)52-48-14-6-3-11-41(48)43-28-33(16-20-49(43)52)34-15-18-40-38-9-2-5-13-46(38)51(47(40)29-34)35-24-31-23-32(26-35)27-36(51)25-31/h1-6,9-20,28-32,35-36H,7-8,21-27H2. The third-order valence-electron chi connectivity index (χ3n) is 15.5. The van der Waals surface area contributed by atoms with Gasteiger partial charge in [-0.15, -0.1) is 0 Å². The van der Waals surface area contributed by atoms with Crippen LogP contribution < -0.4 is 0 Å². The van der Waals surface area contributed by atoms with E-state index in [0.717, 1.165) is 23.7 Å². The molecule has 1 heterocycles. The minimum atomic E-state index is 0.193. The lowest BCUT2D eigenvalue weighted by molar-refractivity contribution is -0.0399. The number of fused-ring (bicyclic) bond motifs is 11. The van der Waals surface area contributed by atoms with Crippen LogP contribution in [0.15, 0.2) is 127 Å². The van der Waals surface area contributed by atoms with Crippen molar-refractivity contribution in [1.29, 1.82) is 0 Å². The van der Waals surface area contributed by atoms with E-state index in [-0.39, 0.29) is 10.8 Å². The molecule has 52 heavy (non-hydrogen) atoms. The van der Waals surface area contributed by atoms with Crippen LogP contribution in [0.4, 0.5) is 0 Å². The van der Waals surface area contributed by atoms with Crippen molar-refractivity contribution in [1.82, 2.24) is 4.57 Å². The summed E-state index contributed by atoms with van der Waals surface area (Å²) in [6.45, 7) is 0. The van der Waals surface area contributed by atoms with Crippen molar-refractivity contribution in [3.8, 4) is 39.1 Å². The predicted molar refractivity (Wildman–Crippen MR) is 214 cm³/mol. The van der Waals surface area contributed by atoms with E-state index in [1.54, 1.807) is 22.3 Å². The van der Waals surface area contributed by atoms with E-state index >= 15 is 0 Å². The van der Waals surface area contributed by atoms with Gasteiger partial charge in [-0.1, -0.05) is 104 Å². The fourth-order valence-electron chi connectivity index (χ4n) is 13.9. The monoisotopic (exact) mass is 669 g/mol. The predicted octanol–water partition coefficient (Wildman–Crippen LogP) is 13.0. The molecule has 0 aliphatic heterocycles. The molecule has 7 aliphatic rings. The summed E-state index contributed by atoms with van der Waals surface area (Å²) < 4.78 is 2.53. The van der Waals surface area contributed by atoms with Gasteiger partial charge in [0.05, 0.1) is 11.0 Å². The van der Waals surface area contributed by atoms with Crippen LogP contribution in [-0.4, -0.2) is 4.57 Å². The Morgan fingerprint density at radius 1 is 0.442 bits per heavy atom. The normalized spacial score (nSPS) is 26.8. The second-order valence-corrected chi connectivity index (χ2v) is 17.6. The lowest BCUT2D eigenvalue weighted by Gasteiger charge is -2.61. The largest absolute Gasteiger partial charge is 0.309 e.